The number of thiazole rings is 1. The number of nitro benzene ring substituents is 1. The molecule has 6 rings (SSSR count). The summed E-state index contributed by atoms with van der Waals surface area (Å²) in [7, 11) is 0. The number of carbonyl (C=O) groups excluding carboxylic acids is 3. The first-order valence-electron chi connectivity index (χ1n) is 12.4. The summed E-state index contributed by atoms with van der Waals surface area (Å²) in [6.07, 6.45) is 0. The minimum Gasteiger partial charge on any atom is -0.325 e. The molecule has 2 aliphatic rings. The molecule has 4 aromatic rings. The number of nitrogens with zero attached hydrogens (tertiary/aromatic N) is 3. The highest BCUT2D eigenvalue weighted by atomic mass is 35.5. The van der Waals surface area contributed by atoms with E-state index in [-0.39, 0.29) is 22.8 Å². The zero-order chi connectivity index (χ0) is 28.8. The van der Waals surface area contributed by atoms with E-state index >= 15 is 0 Å². The Hall–Kier alpha value is -4.26. The van der Waals surface area contributed by atoms with Gasteiger partial charge in [-0.25, -0.2) is 4.90 Å². The fourth-order valence-corrected chi connectivity index (χ4v) is 8.03. The monoisotopic (exact) mass is 606 g/mol. The molecule has 41 heavy (non-hydrogen) atoms. The Morgan fingerprint density at radius 1 is 0.951 bits per heavy atom. The van der Waals surface area contributed by atoms with Crippen molar-refractivity contribution in [1.82, 2.24) is 4.57 Å². The number of carbonyl (C=O) groups is 3. The number of hydrogen-bond acceptors (Lipinski definition) is 8. The standard InChI is InChI=1S/C28H19ClN4O6S2/c29-16-8-6-15(7-9-16)21-22-23(26(36)32(25(22)35)18-10-12-19(13-11-18)33(38)39)40-27-24(21)41-28(37)31(27)14-20(34)30-17-4-2-1-3-5-17/h1-13,21-23H,14H2,(H,30,34)/t21-,22?,23?/m1/s1. The molecule has 0 bridgehead atoms. The summed E-state index contributed by atoms with van der Waals surface area (Å²) in [5.74, 6) is -2.88. The Balaban J connectivity index is 1.40. The minimum absolute atomic E-state index is 0.168. The Bertz CT molecular complexity index is 1760. The molecule has 1 saturated heterocycles. The van der Waals surface area contributed by atoms with E-state index in [4.69, 9.17) is 11.6 Å². The smallest absolute Gasteiger partial charge is 0.308 e. The van der Waals surface area contributed by atoms with E-state index in [1.54, 1.807) is 48.5 Å². The molecule has 13 heteroatoms. The van der Waals surface area contributed by atoms with Crippen LogP contribution in [0.4, 0.5) is 17.1 Å². The van der Waals surface area contributed by atoms with Crippen LogP contribution in [-0.4, -0.2) is 32.5 Å². The molecule has 0 aliphatic carbocycles. The molecular formula is C28H19ClN4O6S2. The van der Waals surface area contributed by atoms with Gasteiger partial charge >= 0.3 is 4.87 Å². The quantitative estimate of drug-likeness (QED) is 0.187. The zero-order valence-corrected chi connectivity index (χ0v) is 23.3. The molecule has 10 nitrogen and oxygen atoms in total. The van der Waals surface area contributed by atoms with Crippen molar-refractivity contribution < 1.29 is 19.3 Å². The Morgan fingerprint density at radius 3 is 2.29 bits per heavy atom. The van der Waals surface area contributed by atoms with Gasteiger partial charge in [0.2, 0.25) is 17.7 Å². The summed E-state index contributed by atoms with van der Waals surface area (Å²) < 4.78 is 1.34. The van der Waals surface area contributed by atoms with Crippen LogP contribution in [0.25, 0.3) is 0 Å². The predicted octanol–water partition coefficient (Wildman–Crippen LogP) is 4.91. The summed E-state index contributed by atoms with van der Waals surface area (Å²) in [5, 5.41) is 13.9. The van der Waals surface area contributed by atoms with Crippen molar-refractivity contribution in [3.63, 3.8) is 0 Å². The topological polar surface area (TPSA) is 132 Å². The van der Waals surface area contributed by atoms with E-state index in [9.17, 15) is 29.3 Å². The SMILES string of the molecule is O=C(Cn1c2c(sc1=O)[C@H](c1ccc(Cl)cc1)C1C(=O)N(c3ccc([N+](=O)[O-])cc3)C(=O)C1S2)Nc1ccccc1. The second-order valence-corrected chi connectivity index (χ2v) is 12.0. The molecule has 3 atom stereocenters. The molecule has 0 radical (unpaired) electrons. The molecule has 3 amide bonds. The molecule has 2 unspecified atom stereocenters. The number of thioether (sulfide) groups is 1. The van der Waals surface area contributed by atoms with Crippen LogP contribution in [0, 0.1) is 16.0 Å². The average Bonchev–Trinajstić information content (AvgIpc) is 3.40. The summed E-state index contributed by atoms with van der Waals surface area (Å²) in [4.78, 5) is 65.6. The Kier molecular flexibility index (Phi) is 6.98. The molecule has 1 aromatic heterocycles. The molecule has 1 fully saturated rings. The number of anilines is 2. The second-order valence-electron chi connectivity index (χ2n) is 9.42. The fraction of sp³-hybridized carbons (Fsp3) is 0.143. The lowest BCUT2D eigenvalue weighted by molar-refractivity contribution is -0.384. The maximum atomic E-state index is 13.9. The van der Waals surface area contributed by atoms with Crippen LogP contribution in [0.2, 0.25) is 5.02 Å². The van der Waals surface area contributed by atoms with E-state index in [2.05, 4.69) is 5.32 Å². The van der Waals surface area contributed by atoms with E-state index in [0.717, 1.165) is 28.0 Å². The Morgan fingerprint density at radius 2 is 1.63 bits per heavy atom. The molecule has 1 N–H and O–H groups in total. The number of hydrogen-bond donors (Lipinski definition) is 1. The van der Waals surface area contributed by atoms with E-state index < -0.39 is 39.7 Å². The van der Waals surface area contributed by atoms with Crippen LogP contribution in [0.3, 0.4) is 0 Å². The van der Waals surface area contributed by atoms with Crippen LogP contribution in [0.1, 0.15) is 16.4 Å². The van der Waals surface area contributed by atoms with Gasteiger partial charge < -0.3 is 5.32 Å². The fourth-order valence-electron chi connectivity index (χ4n) is 5.13. The van der Waals surface area contributed by atoms with Crippen LogP contribution in [0.15, 0.2) is 88.7 Å². The minimum atomic E-state index is -0.886. The van der Waals surface area contributed by atoms with Crippen LogP contribution >= 0.6 is 34.7 Å². The van der Waals surface area contributed by atoms with Gasteiger partial charge in [-0.3, -0.25) is 33.9 Å². The van der Waals surface area contributed by atoms with E-state index in [1.165, 1.54) is 28.8 Å². The van der Waals surface area contributed by atoms with Crippen LogP contribution in [0.5, 0.6) is 0 Å². The highest BCUT2D eigenvalue weighted by Crippen LogP contribution is 2.54. The van der Waals surface area contributed by atoms with Gasteiger partial charge in [0.25, 0.3) is 5.69 Å². The van der Waals surface area contributed by atoms with Gasteiger partial charge in [-0.05, 0) is 42.0 Å². The second kappa shape index (κ2) is 10.6. The van der Waals surface area contributed by atoms with Crippen molar-refractivity contribution in [2.75, 3.05) is 10.2 Å². The van der Waals surface area contributed by atoms with Crippen molar-refractivity contribution in [2.45, 2.75) is 22.7 Å². The number of rotatable bonds is 6. The molecule has 3 heterocycles. The maximum absolute atomic E-state index is 13.9. The third-order valence-electron chi connectivity index (χ3n) is 6.96. The van der Waals surface area contributed by atoms with Crippen molar-refractivity contribution in [2.24, 2.45) is 5.92 Å². The third kappa shape index (κ3) is 4.83. The van der Waals surface area contributed by atoms with Crippen LogP contribution in [-0.2, 0) is 20.9 Å². The number of nitro groups is 1. The van der Waals surface area contributed by atoms with Crippen molar-refractivity contribution in [1.29, 1.82) is 0 Å². The first-order chi connectivity index (χ1) is 19.7. The van der Waals surface area contributed by atoms with Crippen molar-refractivity contribution in [3.8, 4) is 0 Å². The van der Waals surface area contributed by atoms with Crippen molar-refractivity contribution in [3.05, 3.63) is 114 Å². The average molecular weight is 607 g/mol. The highest BCUT2D eigenvalue weighted by molar-refractivity contribution is 8.00. The van der Waals surface area contributed by atoms with Crippen LogP contribution < -0.4 is 15.1 Å². The molecule has 0 spiro atoms. The number of benzene rings is 3. The van der Waals surface area contributed by atoms with Gasteiger partial charge in [0.05, 0.1) is 21.6 Å². The first kappa shape index (κ1) is 26.9. The van der Waals surface area contributed by atoms with Gasteiger partial charge in [-0.1, -0.05) is 65.0 Å². The third-order valence-corrected chi connectivity index (χ3v) is 9.81. The number of fused-ring (bicyclic) bond motifs is 2. The lowest BCUT2D eigenvalue weighted by atomic mass is 9.83. The number of aromatic nitrogens is 1. The lowest BCUT2D eigenvalue weighted by Crippen LogP contribution is -2.33. The number of halogens is 1. The van der Waals surface area contributed by atoms with E-state index in [1.807, 2.05) is 6.07 Å². The number of non-ortho nitro benzene ring substituents is 1. The molecule has 2 aliphatic heterocycles. The number of para-hydroxylation sites is 1. The van der Waals surface area contributed by atoms with Crippen molar-refractivity contribution >= 4 is 69.5 Å². The van der Waals surface area contributed by atoms with Gasteiger partial charge in [0.15, 0.2) is 0 Å². The molecular weight excluding hydrogens is 588 g/mol. The maximum Gasteiger partial charge on any atom is 0.308 e. The summed E-state index contributed by atoms with van der Waals surface area (Å²) in [6.45, 7) is -0.272. The Labute approximate surface area is 245 Å². The molecule has 0 saturated carbocycles. The normalized spacial score (nSPS) is 19.5. The number of nitrogens with one attached hydrogen (secondary N) is 1. The van der Waals surface area contributed by atoms with Gasteiger partial charge in [-0.2, -0.15) is 0 Å². The van der Waals surface area contributed by atoms with Gasteiger partial charge in [-0.15, -0.1) is 0 Å². The summed E-state index contributed by atoms with van der Waals surface area (Å²) >= 11 is 8.16. The largest absolute Gasteiger partial charge is 0.325 e. The van der Waals surface area contributed by atoms with Gasteiger partial charge in [0.1, 0.15) is 11.8 Å². The summed E-state index contributed by atoms with van der Waals surface area (Å²) in [6, 6.07) is 20.9. The number of amides is 3. The lowest BCUT2D eigenvalue weighted by Gasteiger charge is -2.30. The van der Waals surface area contributed by atoms with E-state index in [0.29, 0.717) is 26.2 Å². The highest BCUT2D eigenvalue weighted by Gasteiger charge is 2.56. The molecule has 3 aromatic carbocycles. The summed E-state index contributed by atoms with van der Waals surface area (Å²) in [5.41, 5.74) is 1.33. The van der Waals surface area contributed by atoms with Gasteiger partial charge in [0, 0.05) is 33.6 Å². The molecule has 206 valence electrons. The predicted molar refractivity (Wildman–Crippen MR) is 156 cm³/mol. The number of imide groups is 1. The first-order valence-corrected chi connectivity index (χ1v) is 14.4. The zero-order valence-electron chi connectivity index (χ0n) is 20.9.